The Balaban J connectivity index is 2.81. The van der Waals surface area contributed by atoms with Gasteiger partial charge in [0.15, 0.2) is 0 Å². The number of aromatic nitrogens is 1. The first-order valence-electron chi connectivity index (χ1n) is 2.51. The SMILES string of the molecule is OONc1cccnc1F. The van der Waals surface area contributed by atoms with Crippen molar-refractivity contribution in [3.8, 4) is 0 Å². The number of halogens is 1. The van der Waals surface area contributed by atoms with E-state index in [1.165, 1.54) is 18.3 Å². The standard InChI is InChI=1S/C5H5FN2O2/c6-5-4(8-10-9)2-1-3-7-5/h1-3,8-9H. The molecule has 2 N–H and O–H groups in total. The number of hydrogen-bond donors (Lipinski definition) is 2. The van der Waals surface area contributed by atoms with Gasteiger partial charge in [-0.2, -0.15) is 4.39 Å². The van der Waals surface area contributed by atoms with Crippen molar-refractivity contribution in [2.24, 2.45) is 0 Å². The molecule has 0 atom stereocenters. The van der Waals surface area contributed by atoms with Crippen molar-refractivity contribution in [2.75, 3.05) is 5.48 Å². The Hall–Kier alpha value is -1.20. The lowest BCUT2D eigenvalue weighted by Crippen LogP contribution is -1.99. The van der Waals surface area contributed by atoms with E-state index in [1.54, 1.807) is 0 Å². The summed E-state index contributed by atoms with van der Waals surface area (Å²) in [6.45, 7) is 0. The molecule has 0 aliphatic heterocycles. The Bertz CT molecular complexity index is 219. The first-order chi connectivity index (χ1) is 4.84. The summed E-state index contributed by atoms with van der Waals surface area (Å²) >= 11 is 0. The van der Waals surface area contributed by atoms with Gasteiger partial charge in [0.05, 0.1) is 0 Å². The molecular formula is C5H5FN2O2. The minimum absolute atomic E-state index is 0.00926. The number of pyridine rings is 1. The van der Waals surface area contributed by atoms with E-state index in [0.29, 0.717) is 0 Å². The van der Waals surface area contributed by atoms with Crippen LogP contribution in [0.5, 0.6) is 0 Å². The number of hydrogen-bond acceptors (Lipinski definition) is 4. The fourth-order valence-electron chi connectivity index (χ4n) is 0.511. The highest BCUT2D eigenvalue weighted by Gasteiger charge is 1.98. The van der Waals surface area contributed by atoms with Gasteiger partial charge in [0.1, 0.15) is 5.69 Å². The second-order valence-corrected chi connectivity index (χ2v) is 1.54. The van der Waals surface area contributed by atoms with Gasteiger partial charge in [-0.1, -0.05) is 0 Å². The lowest BCUT2D eigenvalue weighted by molar-refractivity contribution is -0.215. The van der Waals surface area contributed by atoms with Crippen LogP contribution >= 0.6 is 0 Å². The number of nitrogens with one attached hydrogen (secondary N) is 1. The first kappa shape index (κ1) is 6.91. The minimum Gasteiger partial charge on any atom is -0.231 e. The van der Waals surface area contributed by atoms with Crippen LogP contribution in [0.4, 0.5) is 10.1 Å². The molecular weight excluding hydrogens is 139 g/mol. The third-order valence-corrected chi connectivity index (χ3v) is 0.915. The first-order valence-corrected chi connectivity index (χ1v) is 2.51. The molecule has 0 bridgehead atoms. The third kappa shape index (κ3) is 1.40. The fourth-order valence-corrected chi connectivity index (χ4v) is 0.511. The number of nitrogens with zero attached hydrogens (tertiary/aromatic N) is 1. The number of anilines is 1. The predicted molar refractivity (Wildman–Crippen MR) is 31.5 cm³/mol. The van der Waals surface area contributed by atoms with Crippen LogP contribution in [0.15, 0.2) is 18.3 Å². The Kier molecular flexibility index (Phi) is 2.14. The Morgan fingerprint density at radius 1 is 1.70 bits per heavy atom. The minimum atomic E-state index is -0.725. The monoisotopic (exact) mass is 144 g/mol. The second kappa shape index (κ2) is 3.09. The third-order valence-electron chi connectivity index (χ3n) is 0.915. The Morgan fingerprint density at radius 2 is 2.50 bits per heavy atom. The summed E-state index contributed by atoms with van der Waals surface area (Å²) in [7, 11) is 0. The van der Waals surface area contributed by atoms with Crippen LogP contribution in [0, 0.1) is 5.95 Å². The molecule has 0 unspecified atom stereocenters. The summed E-state index contributed by atoms with van der Waals surface area (Å²) in [4.78, 5) is 6.76. The van der Waals surface area contributed by atoms with E-state index < -0.39 is 5.95 Å². The summed E-state index contributed by atoms with van der Waals surface area (Å²) in [5, 5.41) is 7.84. The van der Waals surface area contributed by atoms with Crippen molar-refractivity contribution < 1.29 is 14.6 Å². The van der Waals surface area contributed by atoms with Gasteiger partial charge in [-0.3, -0.25) is 0 Å². The summed E-state index contributed by atoms with van der Waals surface area (Å²) < 4.78 is 12.4. The van der Waals surface area contributed by atoms with Crippen LogP contribution in [-0.4, -0.2) is 10.2 Å². The van der Waals surface area contributed by atoms with E-state index >= 15 is 0 Å². The number of rotatable bonds is 2. The van der Waals surface area contributed by atoms with Gasteiger partial charge in [-0.15, -0.1) is 4.99 Å². The highest BCUT2D eigenvalue weighted by Crippen LogP contribution is 2.08. The lowest BCUT2D eigenvalue weighted by atomic mass is 10.4. The van der Waals surface area contributed by atoms with Gasteiger partial charge in [0.2, 0.25) is 5.95 Å². The quantitative estimate of drug-likeness (QED) is 0.370. The van der Waals surface area contributed by atoms with Gasteiger partial charge in [-0.25, -0.2) is 15.7 Å². The molecule has 1 aromatic rings. The summed E-state index contributed by atoms with van der Waals surface area (Å²) in [5.74, 6) is -0.725. The van der Waals surface area contributed by atoms with E-state index in [2.05, 4.69) is 9.97 Å². The van der Waals surface area contributed by atoms with E-state index in [1.807, 2.05) is 5.48 Å². The molecule has 0 spiro atoms. The van der Waals surface area contributed by atoms with Crippen LogP contribution in [0.1, 0.15) is 0 Å². The van der Waals surface area contributed by atoms with E-state index in [-0.39, 0.29) is 5.69 Å². The van der Waals surface area contributed by atoms with Crippen LogP contribution in [0.2, 0.25) is 0 Å². The highest BCUT2D eigenvalue weighted by atomic mass is 19.1. The van der Waals surface area contributed by atoms with Crippen LogP contribution < -0.4 is 5.48 Å². The Morgan fingerprint density at radius 3 is 3.10 bits per heavy atom. The molecule has 1 heterocycles. The molecule has 0 saturated carbocycles. The van der Waals surface area contributed by atoms with Crippen molar-refractivity contribution in [3.05, 3.63) is 24.3 Å². The fraction of sp³-hybridized carbons (Fsp3) is 0. The van der Waals surface area contributed by atoms with Gasteiger partial charge in [0, 0.05) is 6.20 Å². The topological polar surface area (TPSA) is 54.4 Å². The molecule has 1 rings (SSSR count). The molecule has 1 aromatic heterocycles. The van der Waals surface area contributed by atoms with E-state index in [9.17, 15) is 4.39 Å². The zero-order chi connectivity index (χ0) is 7.40. The average molecular weight is 144 g/mol. The molecule has 0 fully saturated rings. The van der Waals surface area contributed by atoms with Crippen molar-refractivity contribution in [3.63, 3.8) is 0 Å². The molecule has 10 heavy (non-hydrogen) atoms. The van der Waals surface area contributed by atoms with E-state index in [4.69, 9.17) is 5.26 Å². The average Bonchev–Trinajstić information content (AvgIpc) is 1.94. The second-order valence-electron chi connectivity index (χ2n) is 1.54. The van der Waals surface area contributed by atoms with Crippen molar-refractivity contribution >= 4 is 5.69 Å². The smallest absolute Gasteiger partial charge is 0.231 e. The molecule has 5 heteroatoms. The maximum absolute atomic E-state index is 12.4. The Labute approximate surface area is 56.2 Å². The molecule has 54 valence electrons. The largest absolute Gasteiger partial charge is 0.238 e. The highest BCUT2D eigenvalue weighted by molar-refractivity contribution is 5.38. The summed E-state index contributed by atoms with van der Waals surface area (Å²) in [5.41, 5.74) is 1.88. The van der Waals surface area contributed by atoms with Crippen LogP contribution in [0.25, 0.3) is 0 Å². The molecule has 0 saturated heterocycles. The maximum atomic E-state index is 12.4. The van der Waals surface area contributed by atoms with Gasteiger partial charge < -0.3 is 0 Å². The van der Waals surface area contributed by atoms with Gasteiger partial charge in [0.25, 0.3) is 0 Å². The molecule has 0 radical (unpaired) electrons. The maximum Gasteiger partial charge on any atom is 0.238 e. The van der Waals surface area contributed by atoms with E-state index in [0.717, 1.165) is 0 Å². The molecule has 0 aliphatic carbocycles. The normalized spacial score (nSPS) is 9.40. The van der Waals surface area contributed by atoms with Crippen LogP contribution in [-0.2, 0) is 4.99 Å². The molecule has 0 aliphatic rings. The molecule has 4 nitrogen and oxygen atoms in total. The summed E-state index contributed by atoms with van der Waals surface area (Å²) in [6.07, 6.45) is 1.29. The summed E-state index contributed by atoms with van der Waals surface area (Å²) in [6, 6.07) is 2.88. The molecule has 0 aromatic carbocycles. The zero-order valence-corrected chi connectivity index (χ0v) is 4.91. The lowest BCUT2D eigenvalue weighted by Gasteiger charge is -1.98. The van der Waals surface area contributed by atoms with Crippen molar-refractivity contribution in [1.82, 2.24) is 4.98 Å². The van der Waals surface area contributed by atoms with Gasteiger partial charge in [-0.05, 0) is 12.1 Å². The van der Waals surface area contributed by atoms with Gasteiger partial charge >= 0.3 is 0 Å². The predicted octanol–water partition coefficient (Wildman–Crippen LogP) is 1.04. The molecule has 0 amide bonds. The van der Waals surface area contributed by atoms with Crippen molar-refractivity contribution in [1.29, 1.82) is 0 Å². The van der Waals surface area contributed by atoms with Crippen LogP contribution in [0.3, 0.4) is 0 Å². The zero-order valence-electron chi connectivity index (χ0n) is 4.91. The van der Waals surface area contributed by atoms with Crippen molar-refractivity contribution in [2.45, 2.75) is 0 Å².